The minimum absolute atomic E-state index is 0.0762. The largest absolute Gasteiger partial charge is 0.459 e. The zero-order chi connectivity index (χ0) is 31.1. The molecule has 1 aromatic carbocycles. The normalized spacial score (nSPS) is 22.2. The summed E-state index contributed by atoms with van der Waals surface area (Å²) in [5.41, 5.74) is 8.24. The lowest BCUT2D eigenvalue weighted by molar-refractivity contribution is -0.0363. The molecule has 2 aromatic heterocycles. The van der Waals surface area contributed by atoms with Gasteiger partial charge >= 0.3 is 11.7 Å². The molecule has 3 aliphatic rings. The van der Waals surface area contributed by atoms with Crippen LogP contribution in [0.2, 0.25) is 0 Å². The summed E-state index contributed by atoms with van der Waals surface area (Å²) >= 11 is 0. The molecule has 44 heavy (non-hydrogen) atoms. The van der Waals surface area contributed by atoms with Crippen molar-refractivity contribution >= 4 is 22.6 Å². The van der Waals surface area contributed by atoms with E-state index in [0.717, 1.165) is 32.5 Å². The van der Waals surface area contributed by atoms with Crippen LogP contribution in [0.3, 0.4) is 0 Å². The van der Waals surface area contributed by atoms with Gasteiger partial charge in [0, 0.05) is 66.9 Å². The van der Waals surface area contributed by atoms with Crippen LogP contribution in [0.4, 0.5) is 10.1 Å². The number of aromatic nitrogens is 3. The van der Waals surface area contributed by atoms with Gasteiger partial charge in [0.15, 0.2) is 0 Å². The number of hydrogen-bond donors (Lipinski definition) is 1. The molecule has 1 N–H and O–H groups in total. The Morgan fingerprint density at radius 3 is 2.59 bits per heavy atom. The van der Waals surface area contributed by atoms with Crippen LogP contribution >= 0.6 is 0 Å². The standard InChI is InChI=1S/C29H33FN8O6/c1-3-35-6-8-36(9-7-35)23-12-22-18(10-20(23)30)26(39)19(14-37(22)17-4-5-17)28(41)43-15-24-21(33-34-31)11-25(44-24)38-13-16(2)27(40)32-29(38)42/h10,12-14,17,21,24-25H,3-9,11,15H2,1-2H3,(H,32,40,42)/t21-,24+,25+/m0/s1. The summed E-state index contributed by atoms with van der Waals surface area (Å²) < 4.78 is 29.9. The van der Waals surface area contributed by atoms with Gasteiger partial charge in [-0.05, 0) is 44.0 Å². The van der Waals surface area contributed by atoms with E-state index in [1.165, 1.54) is 30.0 Å². The van der Waals surface area contributed by atoms with E-state index in [-0.39, 0.29) is 35.6 Å². The lowest BCUT2D eigenvalue weighted by atomic mass is 10.1. The van der Waals surface area contributed by atoms with Gasteiger partial charge in [-0.1, -0.05) is 12.0 Å². The Hall–Kier alpha value is -4.46. The number of H-pyrrole nitrogens is 1. The molecule has 6 rings (SSSR count). The van der Waals surface area contributed by atoms with E-state index in [1.54, 1.807) is 6.07 Å². The summed E-state index contributed by atoms with van der Waals surface area (Å²) in [5.74, 6) is -1.45. The number of carbonyl (C=O) groups is 1. The molecular formula is C29H33FN8O6. The number of piperazine rings is 1. The molecule has 4 heterocycles. The third-order valence-electron chi connectivity index (χ3n) is 8.66. The number of pyridine rings is 1. The number of benzene rings is 1. The predicted octanol–water partition coefficient (Wildman–Crippen LogP) is 2.60. The highest BCUT2D eigenvalue weighted by Gasteiger charge is 2.38. The van der Waals surface area contributed by atoms with Crippen LogP contribution in [0.25, 0.3) is 21.3 Å². The van der Waals surface area contributed by atoms with Gasteiger partial charge < -0.3 is 23.8 Å². The maximum Gasteiger partial charge on any atom is 0.343 e. The molecule has 1 aliphatic carbocycles. The molecule has 0 amide bonds. The Morgan fingerprint density at radius 1 is 1.16 bits per heavy atom. The van der Waals surface area contributed by atoms with E-state index in [9.17, 15) is 19.2 Å². The van der Waals surface area contributed by atoms with Gasteiger partial charge in [0.05, 0.1) is 17.2 Å². The first-order valence-electron chi connectivity index (χ1n) is 14.7. The topological polar surface area (TPSA) is 168 Å². The van der Waals surface area contributed by atoms with Crippen LogP contribution in [-0.2, 0) is 9.47 Å². The predicted molar refractivity (Wildman–Crippen MR) is 159 cm³/mol. The first kappa shape index (κ1) is 29.6. The summed E-state index contributed by atoms with van der Waals surface area (Å²) in [6.07, 6.45) is 2.85. The average molecular weight is 609 g/mol. The van der Waals surface area contributed by atoms with Crippen molar-refractivity contribution in [1.29, 1.82) is 0 Å². The van der Waals surface area contributed by atoms with Crippen molar-refractivity contribution in [1.82, 2.24) is 19.0 Å². The fourth-order valence-electron chi connectivity index (χ4n) is 5.97. The quantitative estimate of drug-likeness (QED) is 0.176. The van der Waals surface area contributed by atoms with Gasteiger partial charge in [0.25, 0.3) is 5.56 Å². The van der Waals surface area contributed by atoms with Crippen molar-refractivity contribution in [2.75, 3.05) is 44.2 Å². The summed E-state index contributed by atoms with van der Waals surface area (Å²) in [7, 11) is 0. The number of nitrogens with zero attached hydrogens (tertiary/aromatic N) is 7. The monoisotopic (exact) mass is 608 g/mol. The van der Waals surface area contributed by atoms with Crippen molar-refractivity contribution in [3.63, 3.8) is 0 Å². The maximum absolute atomic E-state index is 15.4. The molecule has 3 atom stereocenters. The molecule has 15 heteroatoms. The van der Waals surface area contributed by atoms with Gasteiger partial charge in [-0.15, -0.1) is 0 Å². The number of ether oxygens (including phenoxy) is 2. The molecule has 3 fully saturated rings. The number of halogens is 1. The Labute approximate surface area is 250 Å². The Bertz CT molecular complexity index is 1830. The van der Waals surface area contributed by atoms with Crippen LogP contribution in [0.1, 0.15) is 54.4 Å². The van der Waals surface area contributed by atoms with Crippen molar-refractivity contribution < 1.29 is 18.7 Å². The number of carbonyl (C=O) groups excluding carboxylic acids is 1. The van der Waals surface area contributed by atoms with Gasteiger partial charge in [-0.3, -0.25) is 19.1 Å². The van der Waals surface area contributed by atoms with Crippen LogP contribution in [-0.4, -0.2) is 76.5 Å². The van der Waals surface area contributed by atoms with Crippen LogP contribution in [0.5, 0.6) is 0 Å². The van der Waals surface area contributed by atoms with Crippen molar-refractivity contribution in [2.24, 2.45) is 5.11 Å². The second kappa shape index (κ2) is 11.9. The number of hydrogen-bond acceptors (Lipinski definition) is 9. The minimum Gasteiger partial charge on any atom is -0.459 e. The first-order valence-corrected chi connectivity index (χ1v) is 14.7. The van der Waals surface area contributed by atoms with Gasteiger partial charge in [0.2, 0.25) is 5.43 Å². The van der Waals surface area contributed by atoms with E-state index in [0.29, 0.717) is 24.3 Å². The SMILES string of the molecule is CCN1CCN(c2cc3c(cc2F)c(=O)c(C(=O)OC[C@H]2O[C@@H](n4cc(C)c(=O)[nH]c4=O)C[C@@H]2N=[N+]=[N-])cn3C2CC2)CC1. The Balaban J connectivity index is 1.25. The number of likely N-dealkylation sites (N-methyl/N-ethyl adjacent to an activating group) is 1. The van der Waals surface area contributed by atoms with Gasteiger partial charge in [-0.25, -0.2) is 14.0 Å². The fraction of sp³-hybridized carbons (Fsp3) is 0.517. The third kappa shape index (κ3) is 5.61. The number of nitrogens with one attached hydrogen (secondary N) is 1. The number of aromatic amines is 1. The Kier molecular flexibility index (Phi) is 8.01. The van der Waals surface area contributed by atoms with E-state index >= 15 is 4.39 Å². The number of rotatable bonds is 8. The molecular weight excluding hydrogens is 575 g/mol. The highest BCUT2D eigenvalue weighted by molar-refractivity contribution is 5.94. The van der Waals surface area contributed by atoms with Gasteiger partial charge in [-0.2, -0.15) is 0 Å². The lowest BCUT2D eigenvalue weighted by Gasteiger charge is -2.35. The highest BCUT2D eigenvalue weighted by Crippen LogP contribution is 2.38. The molecule has 1 saturated carbocycles. The lowest BCUT2D eigenvalue weighted by Crippen LogP contribution is -2.46. The number of anilines is 1. The molecule has 14 nitrogen and oxygen atoms in total. The zero-order valence-electron chi connectivity index (χ0n) is 24.4. The fourth-order valence-corrected chi connectivity index (χ4v) is 5.97. The smallest absolute Gasteiger partial charge is 0.343 e. The number of fused-ring (bicyclic) bond motifs is 1. The van der Waals surface area contributed by atoms with Crippen molar-refractivity contribution in [3.05, 3.63) is 83.0 Å². The van der Waals surface area contributed by atoms with Crippen molar-refractivity contribution in [3.8, 4) is 0 Å². The summed E-state index contributed by atoms with van der Waals surface area (Å²) in [6.45, 7) is 7.18. The van der Waals surface area contributed by atoms with Crippen molar-refractivity contribution in [2.45, 2.75) is 57.5 Å². The summed E-state index contributed by atoms with van der Waals surface area (Å²) in [5, 5.41) is 3.83. The van der Waals surface area contributed by atoms with E-state index in [4.69, 9.17) is 15.0 Å². The van der Waals surface area contributed by atoms with E-state index in [2.05, 4.69) is 26.8 Å². The minimum atomic E-state index is -0.921. The molecule has 0 bridgehead atoms. The summed E-state index contributed by atoms with van der Waals surface area (Å²) in [4.78, 5) is 60.3. The molecule has 2 aliphatic heterocycles. The van der Waals surface area contributed by atoms with E-state index in [1.807, 2.05) is 9.47 Å². The third-order valence-corrected chi connectivity index (χ3v) is 8.66. The van der Waals surface area contributed by atoms with E-state index < -0.39 is 46.8 Å². The zero-order valence-corrected chi connectivity index (χ0v) is 24.4. The first-order chi connectivity index (χ1) is 21.2. The van der Waals surface area contributed by atoms with Crippen LogP contribution < -0.4 is 21.6 Å². The second-order valence-electron chi connectivity index (χ2n) is 11.5. The number of esters is 1. The molecule has 2 saturated heterocycles. The second-order valence-corrected chi connectivity index (χ2v) is 11.5. The molecule has 0 spiro atoms. The molecule has 3 aromatic rings. The number of azide groups is 1. The summed E-state index contributed by atoms with van der Waals surface area (Å²) in [6, 6.07) is 2.20. The maximum atomic E-state index is 15.4. The Morgan fingerprint density at radius 2 is 1.91 bits per heavy atom. The number of aryl methyl sites for hydroxylation is 1. The van der Waals surface area contributed by atoms with Crippen LogP contribution in [0.15, 0.2) is 44.0 Å². The van der Waals surface area contributed by atoms with Crippen LogP contribution in [0, 0.1) is 12.7 Å². The average Bonchev–Trinajstić information content (AvgIpc) is 3.78. The molecule has 0 unspecified atom stereocenters. The highest BCUT2D eigenvalue weighted by atomic mass is 19.1. The molecule has 0 radical (unpaired) electrons. The van der Waals surface area contributed by atoms with Gasteiger partial charge in [0.1, 0.15) is 30.3 Å². The molecule has 232 valence electrons.